The van der Waals surface area contributed by atoms with Gasteiger partial charge in [0.2, 0.25) is 0 Å². The summed E-state index contributed by atoms with van der Waals surface area (Å²) < 4.78 is 11.3. The van der Waals surface area contributed by atoms with E-state index < -0.39 is 0 Å². The third kappa shape index (κ3) is 3.22. The van der Waals surface area contributed by atoms with Crippen molar-refractivity contribution < 1.29 is 9.47 Å². The highest BCUT2D eigenvalue weighted by atomic mass is 35.5. The molecule has 24 heavy (non-hydrogen) atoms. The average Bonchev–Trinajstić information content (AvgIpc) is 2.82. The molecule has 0 aliphatic carbocycles. The summed E-state index contributed by atoms with van der Waals surface area (Å²) in [4.78, 5) is 0. The second-order valence-corrected chi connectivity index (χ2v) is 5.96. The molecule has 0 saturated carbocycles. The minimum absolute atomic E-state index is 0.447. The Morgan fingerprint density at radius 1 is 1.25 bits per heavy atom. The van der Waals surface area contributed by atoms with Crippen molar-refractivity contribution >= 4 is 17.4 Å². The van der Waals surface area contributed by atoms with Gasteiger partial charge in [0.15, 0.2) is 17.3 Å². The van der Waals surface area contributed by atoms with Crippen LogP contribution >= 0.6 is 11.6 Å². The molecular weight excluding hydrogens is 328 g/mol. The van der Waals surface area contributed by atoms with E-state index in [0.29, 0.717) is 47.7 Å². The Bertz CT molecular complexity index is 817. The molecule has 0 spiro atoms. The Balaban J connectivity index is 1.83. The zero-order valence-electron chi connectivity index (χ0n) is 13.5. The van der Waals surface area contributed by atoms with Crippen molar-refractivity contribution in [2.75, 3.05) is 18.5 Å². The molecule has 2 aromatic rings. The number of hydrogen-bond donors (Lipinski definition) is 1. The second-order valence-electron chi connectivity index (χ2n) is 5.55. The summed E-state index contributed by atoms with van der Waals surface area (Å²) in [5, 5.41) is 21.1. The van der Waals surface area contributed by atoms with Gasteiger partial charge in [-0.05, 0) is 37.1 Å². The number of hydrogen-bond acceptors (Lipinski definition) is 6. The maximum Gasteiger partial charge on any atom is 0.179 e. The Hall–Kier alpha value is -2.52. The fourth-order valence-electron chi connectivity index (χ4n) is 2.44. The Labute approximate surface area is 145 Å². The first kappa shape index (κ1) is 16.3. The van der Waals surface area contributed by atoms with Crippen LogP contribution in [0.3, 0.4) is 0 Å². The number of benzene rings is 1. The standard InChI is InChI=1S/C17H17ClN4O2/c1-10-11(2)21-22-17(13(10)8-19)20-9-12-6-14(18)16-15(7-12)23-4-3-5-24-16/h6-7H,3-5,9H2,1-2H3,(H,20,22). The summed E-state index contributed by atoms with van der Waals surface area (Å²) in [5.41, 5.74) is 2.98. The smallest absolute Gasteiger partial charge is 0.179 e. The highest BCUT2D eigenvalue weighted by molar-refractivity contribution is 6.32. The zero-order valence-corrected chi connectivity index (χ0v) is 14.3. The predicted molar refractivity (Wildman–Crippen MR) is 90.6 cm³/mol. The molecule has 0 bridgehead atoms. The van der Waals surface area contributed by atoms with Gasteiger partial charge >= 0.3 is 0 Å². The van der Waals surface area contributed by atoms with E-state index in [2.05, 4.69) is 21.6 Å². The topological polar surface area (TPSA) is 80.1 Å². The lowest BCUT2D eigenvalue weighted by Crippen LogP contribution is -2.08. The van der Waals surface area contributed by atoms with Crippen molar-refractivity contribution in [1.82, 2.24) is 10.2 Å². The minimum Gasteiger partial charge on any atom is -0.489 e. The van der Waals surface area contributed by atoms with Gasteiger partial charge in [-0.25, -0.2) is 0 Å². The van der Waals surface area contributed by atoms with Crippen LogP contribution in [0.25, 0.3) is 0 Å². The monoisotopic (exact) mass is 344 g/mol. The van der Waals surface area contributed by atoms with Gasteiger partial charge in [0.05, 0.1) is 23.9 Å². The van der Waals surface area contributed by atoms with Crippen molar-refractivity contribution in [3.05, 3.63) is 39.5 Å². The lowest BCUT2D eigenvalue weighted by atomic mass is 10.1. The van der Waals surface area contributed by atoms with Crippen molar-refractivity contribution in [2.24, 2.45) is 0 Å². The Kier molecular flexibility index (Phi) is 4.72. The SMILES string of the molecule is Cc1nnc(NCc2cc(Cl)c3c(c2)OCCCO3)c(C#N)c1C. The van der Waals surface area contributed by atoms with Crippen molar-refractivity contribution in [2.45, 2.75) is 26.8 Å². The molecule has 1 aromatic carbocycles. The number of ether oxygens (including phenoxy) is 2. The van der Waals surface area contributed by atoms with Crippen LogP contribution in [-0.2, 0) is 6.54 Å². The molecule has 3 rings (SSSR count). The summed E-state index contributed by atoms with van der Waals surface area (Å²) in [6, 6.07) is 5.89. The number of fused-ring (bicyclic) bond motifs is 1. The number of halogens is 1. The van der Waals surface area contributed by atoms with Gasteiger partial charge in [0.1, 0.15) is 11.6 Å². The van der Waals surface area contributed by atoms with E-state index in [1.807, 2.05) is 26.0 Å². The molecule has 1 aromatic heterocycles. The van der Waals surface area contributed by atoms with E-state index in [1.165, 1.54) is 0 Å². The van der Waals surface area contributed by atoms with Crippen molar-refractivity contribution in [1.29, 1.82) is 5.26 Å². The molecule has 124 valence electrons. The predicted octanol–water partition coefficient (Wildman–Crippen LogP) is 3.39. The van der Waals surface area contributed by atoms with E-state index in [9.17, 15) is 5.26 Å². The molecule has 6 nitrogen and oxygen atoms in total. The average molecular weight is 345 g/mol. The number of rotatable bonds is 3. The van der Waals surface area contributed by atoms with Crippen LogP contribution in [0.5, 0.6) is 11.5 Å². The highest BCUT2D eigenvalue weighted by Gasteiger charge is 2.16. The summed E-state index contributed by atoms with van der Waals surface area (Å²) in [6.07, 6.45) is 0.822. The summed E-state index contributed by atoms with van der Waals surface area (Å²) in [5.74, 6) is 1.69. The van der Waals surface area contributed by atoms with Crippen LogP contribution in [0.4, 0.5) is 5.82 Å². The van der Waals surface area contributed by atoms with Gasteiger partial charge in [-0.15, -0.1) is 5.10 Å². The first-order chi connectivity index (χ1) is 11.6. The molecule has 1 aliphatic heterocycles. The first-order valence-corrected chi connectivity index (χ1v) is 8.04. The molecule has 1 N–H and O–H groups in total. The third-order valence-electron chi connectivity index (χ3n) is 3.89. The fourth-order valence-corrected chi connectivity index (χ4v) is 2.73. The van der Waals surface area contributed by atoms with Crippen LogP contribution in [0.2, 0.25) is 5.02 Å². The lowest BCUT2D eigenvalue weighted by Gasteiger charge is -2.13. The van der Waals surface area contributed by atoms with Gasteiger partial charge in [0, 0.05) is 13.0 Å². The quantitative estimate of drug-likeness (QED) is 0.919. The molecule has 2 heterocycles. The second kappa shape index (κ2) is 6.93. The van der Waals surface area contributed by atoms with E-state index >= 15 is 0 Å². The summed E-state index contributed by atoms with van der Waals surface area (Å²) in [6.45, 7) is 5.33. The van der Waals surface area contributed by atoms with E-state index in [4.69, 9.17) is 21.1 Å². The number of nitrogens with one attached hydrogen (secondary N) is 1. The molecule has 1 aliphatic rings. The van der Waals surface area contributed by atoms with Gasteiger partial charge < -0.3 is 14.8 Å². The molecule has 0 saturated heterocycles. The normalized spacial score (nSPS) is 13.1. The van der Waals surface area contributed by atoms with Crippen LogP contribution in [0.15, 0.2) is 12.1 Å². The molecule has 0 radical (unpaired) electrons. The number of nitrogens with zero attached hydrogens (tertiary/aromatic N) is 3. The molecule has 0 unspecified atom stereocenters. The number of aromatic nitrogens is 2. The summed E-state index contributed by atoms with van der Waals surface area (Å²) >= 11 is 6.29. The van der Waals surface area contributed by atoms with E-state index in [-0.39, 0.29) is 0 Å². The molecule has 0 amide bonds. The number of anilines is 1. The maximum absolute atomic E-state index is 9.34. The maximum atomic E-state index is 9.34. The number of nitriles is 1. The molecule has 7 heteroatoms. The lowest BCUT2D eigenvalue weighted by molar-refractivity contribution is 0.297. The molecule has 0 atom stereocenters. The Morgan fingerprint density at radius 3 is 2.83 bits per heavy atom. The van der Waals surface area contributed by atoms with Crippen LogP contribution < -0.4 is 14.8 Å². The van der Waals surface area contributed by atoms with Crippen LogP contribution in [0, 0.1) is 25.2 Å². The third-order valence-corrected chi connectivity index (χ3v) is 4.17. The van der Waals surface area contributed by atoms with Gasteiger partial charge in [0.25, 0.3) is 0 Å². The van der Waals surface area contributed by atoms with E-state index in [0.717, 1.165) is 23.2 Å². The van der Waals surface area contributed by atoms with Gasteiger partial charge in [-0.1, -0.05) is 11.6 Å². The van der Waals surface area contributed by atoms with Crippen LogP contribution in [0.1, 0.15) is 28.8 Å². The summed E-state index contributed by atoms with van der Waals surface area (Å²) in [7, 11) is 0. The molecule has 0 fully saturated rings. The first-order valence-electron chi connectivity index (χ1n) is 7.66. The number of aryl methyl sites for hydroxylation is 1. The largest absolute Gasteiger partial charge is 0.489 e. The minimum atomic E-state index is 0.447. The molecular formula is C17H17ClN4O2. The zero-order chi connectivity index (χ0) is 17.1. The van der Waals surface area contributed by atoms with Crippen molar-refractivity contribution in [3.8, 4) is 17.6 Å². The van der Waals surface area contributed by atoms with Gasteiger partial charge in [-0.2, -0.15) is 10.4 Å². The van der Waals surface area contributed by atoms with Crippen LogP contribution in [-0.4, -0.2) is 23.4 Å². The van der Waals surface area contributed by atoms with Crippen molar-refractivity contribution in [3.63, 3.8) is 0 Å². The fraction of sp³-hybridized carbons (Fsp3) is 0.353. The van der Waals surface area contributed by atoms with Gasteiger partial charge in [-0.3, -0.25) is 0 Å². The van der Waals surface area contributed by atoms with E-state index in [1.54, 1.807) is 0 Å². The highest BCUT2D eigenvalue weighted by Crippen LogP contribution is 2.38. The Morgan fingerprint density at radius 2 is 2.04 bits per heavy atom.